The predicted molar refractivity (Wildman–Crippen MR) is 183 cm³/mol. The lowest BCUT2D eigenvalue weighted by molar-refractivity contribution is 0.590. The van der Waals surface area contributed by atoms with E-state index in [1.807, 2.05) is 0 Å². The zero-order valence-corrected chi connectivity index (χ0v) is 29.3. The third kappa shape index (κ3) is 6.21. The summed E-state index contributed by atoms with van der Waals surface area (Å²) in [7, 11) is -1.13. The summed E-state index contributed by atoms with van der Waals surface area (Å²) < 4.78 is 0. The topological polar surface area (TPSA) is 3.24 Å². The molecule has 0 aliphatic carbocycles. The van der Waals surface area contributed by atoms with Crippen molar-refractivity contribution in [1.29, 1.82) is 0 Å². The van der Waals surface area contributed by atoms with E-state index in [1.165, 1.54) is 33.1 Å². The molecule has 1 nitrogen and oxygen atoms in total. The lowest BCUT2D eigenvalue weighted by Crippen LogP contribution is -2.33. The molecule has 0 N–H and O–H groups in total. The van der Waals surface area contributed by atoms with E-state index in [-0.39, 0.29) is 10.8 Å². The van der Waals surface area contributed by atoms with E-state index >= 15 is 0 Å². The molecule has 214 valence electrons. The highest BCUT2D eigenvalue weighted by atomic mass is 31.2. The molecule has 0 aromatic heterocycles. The van der Waals surface area contributed by atoms with Gasteiger partial charge >= 0.3 is 0 Å². The maximum Gasteiger partial charge on any atom is 0.0889 e. The van der Waals surface area contributed by atoms with Gasteiger partial charge < -0.3 is 4.90 Å². The molecule has 0 aliphatic heterocycles. The van der Waals surface area contributed by atoms with Gasteiger partial charge in [-0.25, -0.2) is 0 Å². The van der Waals surface area contributed by atoms with E-state index in [0.717, 1.165) is 0 Å². The minimum absolute atomic E-state index is 0.0907. The lowest BCUT2D eigenvalue weighted by Gasteiger charge is -2.43. The molecule has 0 aliphatic rings. The first kappa shape index (κ1) is 33.3. The summed E-state index contributed by atoms with van der Waals surface area (Å²) >= 11 is 0. The summed E-state index contributed by atoms with van der Waals surface area (Å²) in [5.41, 5.74) is 7.64. The van der Waals surface area contributed by atoms with Crippen molar-refractivity contribution in [3.05, 3.63) is 60.9 Å². The summed E-state index contributed by atoms with van der Waals surface area (Å²) in [6.45, 7) is 43.0. The molecule has 38 heavy (non-hydrogen) atoms. The summed E-state index contributed by atoms with van der Waals surface area (Å²) in [5.74, 6) is 0. The molecule has 0 radical (unpaired) electrons. The molecule has 0 saturated heterocycles. The van der Waals surface area contributed by atoms with Crippen LogP contribution in [0.5, 0.6) is 0 Å². The van der Waals surface area contributed by atoms with E-state index < -0.39 is 14.5 Å². The Balaban J connectivity index is 2.99. The molecule has 2 aromatic rings. The van der Waals surface area contributed by atoms with Crippen molar-refractivity contribution in [2.45, 2.75) is 130 Å². The second kappa shape index (κ2) is 11.5. The Labute approximate surface area is 239 Å². The largest absolute Gasteiger partial charge is 0.338 e. The quantitative estimate of drug-likeness (QED) is 0.231. The number of hydrogen-bond donors (Lipinski definition) is 0. The Morgan fingerprint density at radius 3 is 1.03 bits per heavy atom. The molecule has 0 atom stereocenters. The van der Waals surface area contributed by atoms with Crippen LogP contribution < -0.4 is 15.5 Å². The van der Waals surface area contributed by atoms with Crippen LogP contribution in [0.25, 0.3) is 0 Å². The van der Waals surface area contributed by atoms with Crippen LogP contribution in [0.4, 0.5) is 11.4 Å². The van der Waals surface area contributed by atoms with E-state index in [9.17, 15) is 0 Å². The van der Waals surface area contributed by atoms with Gasteiger partial charge in [0.2, 0.25) is 0 Å². The average molecular weight is 556 g/mol. The standard InChI is InChI=1S/C35H59NP2/c1-24(2)37(16,25(3)4)32-22-28(34(9,10)11)18-20-30(32)36(15)31-21-19-29(35(12,13)14)23-33(31)38(17,26(5)6)27(7)8/h18-27H,16-17H2,1-15H3. The summed E-state index contributed by atoms with van der Waals surface area (Å²) in [4.78, 5) is 2.49. The first-order chi connectivity index (χ1) is 17.1. The van der Waals surface area contributed by atoms with E-state index in [4.69, 9.17) is 13.3 Å². The molecular formula is C35H59NP2. The molecule has 0 spiro atoms. The molecule has 3 heteroatoms. The first-order valence-corrected chi connectivity index (χ1v) is 18.8. The third-order valence-electron chi connectivity index (χ3n) is 8.99. The van der Waals surface area contributed by atoms with Gasteiger partial charge in [0, 0.05) is 29.7 Å². The maximum absolute atomic E-state index is 5.05. The Morgan fingerprint density at radius 1 is 0.553 bits per heavy atom. The van der Waals surface area contributed by atoms with Gasteiger partial charge in [0.15, 0.2) is 0 Å². The Kier molecular flexibility index (Phi) is 10.1. The fraction of sp³-hybridized carbons (Fsp3) is 0.600. The minimum Gasteiger partial charge on any atom is -0.338 e. The van der Waals surface area contributed by atoms with Crippen molar-refractivity contribution in [3.63, 3.8) is 0 Å². The highest BCUT2D eigenvalue weighted by Crippen LogP contribution is 2.67. The van der Waals surface area contributed by atoms with Crippen molar-refractivity contribution >= 4 is 36.5 Å². The van der Waals surface area contributed by atoms with Crippen molar-refractivity contribution in [1.82, 2.24) is 0 Å². The van der Waals surface area contributed by atoms with Crippen LogP contribution >= 0.6 is 14.5 Å². The van der Waals surface area contributed by atoms with Crippen molar-refractivity contribution < 1.29 is 0 Å². The monoisotopic (exact) mass is 555 g/mol. The molecule has 2 rings (SSSR count). The minimum atomic E-state index is -1.70. The van der Waals surface area contributed by atoms with Gasteiger partial charge in [0.1, 0.15) is 0 Å². The number of anilines is 2. The molecular weight excluding hydrogens is 496 g/mol. The van der Waals surface area contributed by atoms with E-state index in [2.05, 4.69) is 145 Å². The van der Waals surface area contributed by atoms with Crippen LogP contribution in [-0.4, -0.2) is 29.7 Å². The Bertz CT molecular complexity index is 992. The Morgan fingerprint density at radius 2 is 0.816 bits per heavy atom. The fourth-order valence-corrected chi connectivity index (χ4v) is 12.3. The molecule has 0 heterocycles. The second-order valence-corrected chi connectivity index (χ2v) is 23.5. The van der Waals surface area contributed by atoms with Gasteiger partial charge in [-0.1, -0.05) is 68.2 Å². The predicted octanol–water partition coefficient (Wildman–Crippen LogP) is 10.6. The van der Waals surface area contributed by atoms with Crippen molar-refractivity contribution in [2.75, 3.05) is 11.9 Å². The van der Waals surface area contributed by atoms with E-state index in [1.54, 1.807) is 0 Å². The van der Waals surface area contributed by atoms with Gasteiger partial charge in [0.05, 0.1) is 22.0 Å². The van der Waals surface area contributed by atoms with Gasteiger partial charge in [0.25, 0.3) is 0 Å². The molecule has 0 saturated carbocycles. The van der Waals surface area contributed by atoms with Crippen LogP contribution in [0.2, 0.25) is 0 Å². The molecule has 0 bridgehead atoms. The number of rotatable bonds is 8. The van der Waals surface area contributed by atoms with E-state index in [0.29, 0.717) is 22.6 Å². The van der Waals surface area contributed by atoms with Crippen LogP contribution in [0.15, 0.2) is 36.4 Å². The third-order valence-corrected chi connectivity index (χ3v) is 18.9. The van der Waals surface area contributed by atoms with Crippen LogP contribution in [0, 0.1) is 13.3 Å². The molecule has 2 aromatic carbocycles. The average Bonchev–Trinajstić information content (AvgIpc) is 2.79. The number of nitrogens with zero attached hydrogens (tertiary/aromatic N) is 1. The highest BCUT2D eigenvalue weighted by Gasteiger charge is 2.41. The van der Waals surface area contributed by atoms with Crippen LogP contribution in [-0.2, 0) is 10.8 Å². The normalized spacial score (nSPS) is 13.8. The van der Waals surface area contributed by atoms with Crippen molar-refractivity contribution in [3.8, 4) is 0 Å². The van der Waals surface area contributed by atoms with Gasteiger partial charge in [-0.2, -0.15) is 13.3 Å². The second-order valence-electron chi connectivity index (χ2n) is 14.7. The highest BCUT2D eigenvalue weighted by molar-refractivity contribution is 7.85. The molecule has 0 fully saturated rings. The summed E-state index contributed by atoms with van der Waals surface area (Å²) in [6.07, 6.45) is 0. The first-order valence-electron chi connectivity index (χ1n) is 14.6. The lowest BCUT2D eigenvalue weighted by atomic mass is 9.86. The summed E-state index contributed by atoms with van der Waals surface area (Å²) in [5, 5.41) is 2.93. The number of benzene rings is 2. The smallest absolute Gasteiger partial charge is 0.0889 e. The van der Waals surface area contributed by atoms with Gasteiger partial charge in [-0.3, -0.25) is 0 Å². The van der Waals surface area contributed by atoms with Crippen LogP contribution in [0.1, 0.15) is 108 Å². The van der Waals surface area contributed by atoms with Gasteiger partial charge in [-0.15, -0.1) is 0 Å². The maximum atomic E-state index is 5.05. The fourth-order valence-electron chi connectivity index (χ4n) is 5.65. The molecule has 0 amide bonds. The SMILES string of the molecule is [CH2-][P+](c1cc(C(C)(C)C)ccc1N(C)c1ccc(C(C)(C)C)cc1[P+]([CH2-])(C(C)C)C(C)C)(C(C)C)C(C)C. The zero-order valence-electron chi connectivity index (χ0n) is 27.5. The van der Waals surface area contributed by atoms with Crippen molar-refractivity contribution in [2.24, 2.45) is 0 Å². The summed E-state index contributed by atoms with van der Waals surface area (Å²) in [6, 6.07) is 14.5. The number of hydrogen-bond acceptors (Lipinski definition) is 1. The zero-order chi connectivity index (χ0) is 29.6. The van der Waals surface area contributed by atoms with Gasteiger partial charge in [-0.05, 0) is 102 Å². The van der Waals surface area contributed by atoms with Crippen LogP contribution in [0.3, 0.4) is 0 Å². The Hall–Kier alpha value is -0.900. The molecule has 0 unspecified atom stereocenters.